The summed E-state index contributed by atoms with van der Waals surface area (Å²) in [4.78, 5) is 2.45. The van der Waals surface area contributed by atoms with Crippen molar-refractivity contribution in [1.29, 1.82) is 0 Å². The van der Waals surface area contributed by atoms with Gasteiger partial charge in [0.2, 0.25) is 10.0 Å². The van der Waals surface area contributed by atoms with Crippen LogP contribution in [0, 0.1) is 0 Å². The van der Waals surface area contributed by atoms with Gasteiger partial charge in [0.05, 0.1) is 12.0 Å². The van der Waals surface area contributed by atoms with Crippen molar-refractivity contribution in [2.45, 2.75) is 17.7 Å². The van der Waals surface area contributed by atoms with E-state index in [1.165, 1.54) is 0 Å². The maximum atomic E-state index is 13.1. The van der Waals surface area contributed by atoms with E-state index in [0.717, 1.165) is 59.7 Å². The Balaban J connectivity index is 1.38. The Morgan fingerprint density at radius 1 is 0.914 bits per heavy atom. The van der Waals surface area contributed by atoms with E-state index in [0.29, 0.717) is 18.0 Å². The Kier molecular flexibility index (Phi) is 6.55. The van der Waals surface area contributed by atoms with Crippen molar-refractivity contribution in [2.75, 3.05) is 40.3 Å². The van der Waals surface area contributed by atoms with Crippen molar-refractivity contribution >= 4 is 15.7 Å². The third-order valence-electron chi connectivity index (χ3n) is 6.65. The molecule has 35 heavy (non-hydrogen) atoms. The second-order valence-electron chi connectivity index (χ2n) is 8.81. The summed E-state index contributed by atoms with van der Waals surface area (Å²) in [6.45, 7) is 2.51. The van der Waals surface area contributed by atoms with Crippen molar-refractivity contribution in [2.24, 2.45) is 0 Å². The number of piperazine rings is 1. The number of likely N-dealkylation sites (N-methyl/N-ethyl adjacent to an activating group) is 1. The molecule has 0 saturated carbocycles. The Morgan fingerprint density at radius 3 is 2.40 bits per heavy atom. The largest absolute Gasteiger partial charge is 0.496 e. The van der Waals surface area contributed by atoms with Crippen molar-refractivity contribution in [3.8, 4) is 16.9 Å². The molecule has 4 aromatic rings. The molecule has 1 saturated heterocycles. The molecule has 8 nitrogen and oxygen atoms in total. The zero-order valence-corrected chi connectivity index (χ0v) is 20.8. The Bertz CT molecular complexity index is 1430. The van der Waals surface area contributed by atoms with Gasteiger partial charge in [-0.15, -0.1) is 10.2 Å². The molecule has 9 heteroatoms. The van der Waals surface area contributed by atoms with E-state index in [2.05, 4.69) is 27.2 Å². The third-order valence-corrected chi connectivity index (χ3v) is 8.56. The van der Waals surface area contributed by atoms with Crippen LogP contribution in [0.4, 0.5) is 0 Å². The van der Waals surface area contributed by atoms with Gasteiger partial charge in [-0.25, -0.2) is 8.42 Å². The number of nitrogens with zero attached hydrogens (tertiary/aromatic N) is 5. The van der Waals surface area contributed by atoms with Crippen LogP contribution >= 0.6 is 0 Å². The van der Waals surface area contributed by atoms with Crippen LogP contribution in [-0.4, -0.2) is 72.6 Å². The number of fused-ring (bicyclic) bond motifs is 1. The first-order valence-electron chi connectivity index (χ1n) is 11.7. The van der Waals surface area contributed by atoms with Crippen LogP contribution < -0.4 is 4.74 Å². The summed E-state index contributed by atoms with van der Waals surface area (Å²) < 4.78 is 35.2. The number of hydrogen-bond donors (Lipinski definition) is 0. The van der Waals surface area contributed by atoms with Gasteiger partial charge >= 0.3 is 0 Å². The van der Waals surface area contributed by atoms with Crippen LogP contribution in [0.15, 0.2) is 71.9 Å². The number of sulfonamides is 1. The predicted molar refractivity (Wildman–Crippen MR) is 135 cm³/mol. The molecule has 0 atom stereocenters. The average Bonchev–Trinajstić information content (AvgIpc) is 3.38. The van der Waals surface area contributed by atoms with E-state index >= 15 is 0 Å². The highest BCUT2D eigenvalue weighted by Gasteiger charge is 2.27. The predicted octanol–water partition coefficient (Wildman–Crippen LogP) is 3.13. The minimum atomic E-state index is -3.50. The van der Waals surface area contributed by atoms with Gasteiger partial charge in [0.25, 0.3) is 0 Å². The molecular weight excluding hydrogens is 462 g/mol. The molecule has 1 aliphatic heterocycles. The molecule has 0 N–H and O–H groups in total. The van der Waals surface area contributed by atoms with Gasteiger partial charge in [-0.3, -0.25) is 4.40 Å². The zero-order chi connectivity index (χ0) is 24.4. The second-order valence-corrected chi connectivity index (χ2v) is 10.7. The highest BCUT2D eigenvalue weighted by atomic mass is 32.2. The molecule has 1 fully saturated rings. The van der Waals surface area contributed by atoms with Crippen LogP contribution in [0.1, 0.15) is 11.3 Å². The number of rotatable bonds is 7. The quantitative estimate of drug-likeness (QED) is 0.395. The topological polar surface area (TPSA) is 80.0 Å². The maximum Gasteiger partial charge on any atom is 0.243 e. The normalized spacial score (nSPS) is 15.5. The summed E-state index contributed by atoms with van der Waals surface area (Å²) in [7, 11) is 0.196. The van der Waals surface area contributed by atoms with Crippen LogP contribution in [-0.2, 0) is 22.9 Å². The van der Waals surface area contributed by atoms with Crippen molar-refractivity contribution in [1.82, 2.24) is 23.8 Å². The second kappa shape index (κ2) is 9.77. The fourth-order valence-electron chi connectivity index (χ4n) is 4.55. The van der Waals surface area contributed by atoms with Crippen LogP contribution in [0.5, 0.6) is 5.75 Å². The highest BCUT2D eigenvalue weighted by Crippen LogP contribution is 2.28. The van der Waals surface area contributed by atoms with E-state index in [1.54, 1.807) is 29.9 Å². The lowest BCUT2D eigenvalue weighted by molar-refractivity contribution is 0.222. The summed E-state index contributed by atoms with van der Waals surface area (Å²) in [5.41, 5.74) is 4.80. The summed E-state index contributed by atoms with van der Waals surface area (Å²) >= 11 is 0. The fraction of sp³-hybridized carbons (Fsp3) is 0.308. The highest BCUT2D eigenvalue weighted by molar-refractivity contribution is 7.89. The van der Waals surface area contributed by atoms with Crippen molar-refractivity contribution in [3.63, 3.8) is 0 Å². The van der Waals surface area contributed by atoms with Crippen LogP contribution in [0.25, 0.3) is 16.8 Å². The molecule has 2 aromatic heterocycles. The number of benzene rings is 2. The van der Waals surface area contributed by atoms with Gasteiger partial charge in [0, 0.05) is 37.4 Å². The summed E-state index contributed by atoms with van der Waals surface area (Å²) in [6, 6.07) is 19.2. The van der Waals surface area contributed by atoms with E-state index < -0.39 is 10.0 Å². The Morgan fingerprint density at radius 2 is 1.66 bits per heavy atom. The van der Waals surface area contributed by atoms with Crippen LogP contribution in [0.2, 0.25) is 0 Å². The number of methoxy groups -OCH3 is 1. The molecule has 0 spiro atoms. The minimum absolute atomic E-state index is 0.316. The lowest BCUT2D eigenvalue weighted by Gasteiger charge is -2.31. The molecule has 0 radical (unpaired) electrons. The molecule has 5 rings (SSSR count). The van der Waals surface area contributed by atoms with Crippen LogP contribution in [0.3, 0.4) is 0 Å². The van der Waals surface area contributed by atoms with Gasteiger partial charge < -0.3 is 9.64 Å². The molecule has 0 unspecified atom stereocenters. The smallest absolute Gasteiger partial charge is 0.243 e. The molecule has 1 aliphatic rings. The third kappa shape index (κ3) is 4.67. The minimum Gasteiger partial charge on any atom is -0.496 e. The van der Waals surface area contributed by atoms with Gasteiger partial charge in [-0.1, -0.05) is 30.3 Å². The van der Waals surface area contributed by atoms with E-state index in [9.17, 15) is 8.42 Å². The van der Waals surface area contributed by atoms with E-state index in [-0.39, 0.29) is 0 Å². The molecular formula is C26H29N5O3S. The number of aryl methyl sites for hydroxylation is 2. The summed E-state index contributed by atoms with van der Waals surface area (Å²) in [6.07, 6.45) is 3.36. The maximum absolute atomic E-state index is 13.1. The van der Waals surface area contributed by atoms with Gasteiger partial charge in [-0.2, -0.15) is 4.31 Å². The molecule has 182 valence electrons. The molecule has 0 bridgehead atoms. The number of hydrogen-bond acceptors (Lipinski definition) is 6. The monoisotopic (exact) mass is 491 g/mol. The molecule has 2 aromatic carbocycles. The van der Waals surface area contributed by atoms with Gasteiger partial charge in [-0.05, 0) is 61.3 Å². The average molecular weight is 492 g/mol. The molecule has 0 aliphatic carbocycles. The first-order valence-corrected chi connectivity index (χ1v) is 13.1. The lowest BCUT2D eigenvalue weighted by atomic mass is 10.0. The number of ether oxygens (including phenoxy) is 1. The van der Waals surface area contributed by atoms with Crippen molar-refractivity contribution in [3.05, 3.63) is 78.2 Å². The van der Waals surface area contributed by atoms with Gasteiger partial charge in [0.15, 0.2) is 5.65 Å². The standard InChI is InChI=1S/C26H29N5O3S/c1-29-15-17-30(18-16-29)35(32,33)23-12-8-20(9-13-23)24-14-11-22(31-19-27-28-26(24)31)10-7-21-5-3-4-6-25(21)34-2/h3-6,8-9,11-14,19H,7,10,15-18H2,1-2H3. The molecule has 0 amide bonds. The molecule has 3 heterocycles. The summed E-state index contributed by atoms with van der Waals surface area (Å²) in [5, 5.41) is 8.50. The first kappa shape index (κ1) is 23.5. The van der Waals surface area contributed by atoms with Crippen molar-refractivity contribution < 1.29 is 13.2 Å². The summed E-state index contributed by atoms with van der Waals surface area (Å²) in [5.74, 6) is 0.885. The van der Waals surface area contributed by atoms with E-state index in [1.807, 2.05) is 47.8 Å². The SMILES string of the molecule is COc1ccccc1CCc1ccc(-c2ccc(S(=O)(=O)N3CCN(C)CC3)cc2)c2nncn12. The number of para-hydroxylation sites is 1. The number of aromatic nitrogens is 3. The fourth-order valence-corrected chi connectivity index (χ4v) is 5.97. The first-order chi connectivity index (χ1) is 17.0. The zero-order valence-electron chi connectivity index (χ0n) is 20.0. The lowest BCUT2D eigenvalue weighted by Crippen LogP contribution is -2.46. The Labute approximate surface area is 205 Å². The van der Waals surface area contributed by atoms with Gasteiger partial charge in [0.1, 0.15) is 12.1 Å². The Hall–Kier alpha value is -3.27. The number of pyridine rings is 1. The van der Waals surface area contributed by atoms with E-state index in [4.69, 9.17) is 4.74 Å².